The summed E-state index contributed by atoms with van der Waals surface area (Å²) in [6.07, 6.45) is 0.207. The number of carbonyl (C=O) groups is 1. The first-order chi connectivity index (χ1) is 10.2. The zero-order chi connectivity index (χ0) is 14.8. The second kappa shape index (κ2) is 5.37. The molecule has 21 heavy (non-hydrogen) atoms. The van der Waals surface area contributed by atoms with Gasteiger partial charge in [-0.15, -0.1) is 0 Å². The van der Waals surface area contributed by atoms with Crippen LogP contribution < -0.4 is 5.43 Å². The number of carbonyl (C=O) groups excluding carboxylic acids is 1. The number of esters is 1. The summed E-state index contributed by atoms with van der Waals surface area (Å²) in [6, 6.07) is 16.8. The normalized spacial score (nSPS) is 10.7. The molecule has 0 bridgehead atoms. The first-order valence-electron chi connectivity index (χ1n) is 6.70. The summed E-state index contributed by atoms with van der Waals surface area (Å²) in [7, 11) is 1.37. The lowest BCUT2D eigenvalue weighted by atomic mass is 10.1. The van der Waals surface area contributed by atoms with Crippen molar-refractivity contribution in [2.24, 2.45) is 0 Å². The summed E-state index contributed by atoms with van der Waals surface area (Å²) in [6.45, 7) is 0. The van der Waals surface area contributed by atoms with E-state index in [2.05, 4.69) is 4.74 Å². The third-order valence-corrected chi connectivity index (χ3v) is 3.58. The molecule has 0 amide bonds. The van der Waals surface area contributed by atoms with Gasteiger partial charge in [-0.3, -0.25) is 9.59 Å². The van der Waals surface area contributed by atoms with E-state index in [1.54, 1.807) is 12.1 Å². The Balaban J connectivity index is 2.26. The van der Waals surface area contributed by atoms with Crippen LogP contribution in [0.15, 0.2) is 59.4 Å². The molecule has 0 aliphatic rings. The number of benzene rings is 2. The Labute approximate surface area is 121 Å². The summed E-state index contributed by atoms with van der Waals surface area (Å²) in [5, 5.41) is 3.10. The average molecular weight is 278 g/mol. The third-order valence-electron chi connectivity index (χ3n) is 3.58. The van der Waals surface area contributed by atoms with Gasteiger partial charge in [0.1, 0.15) is 0 Å². The molecule has 0 aliphatic carbocycles. The number of hydrogen-bond acceptors (Lipinski definition) is 3. The van der Waals surface area contributed by atoms with Gasteiger partial charge in [-0.05, 0) is 16.3 Å². The molecule has 3 heteroatoms. The molecule has 0 saturated heterocycles. The van der Waals surface area contributed by atoms with Gasteiger partial charge in [0, 0.05) is 10.8 Å². The number of hydrogen-bond donors (Lipinski definition) is 0. The Kier molecular flexibility index (Phi) is 3.40. The minimum Gasteiger partial charge on any atom is -0.469 e. The molecule has 0 radical (unpaired) electrons. The zero-order valence-electron chi connectivity index (χ0n) is 11.6. The largest absolute Gasteiger partial charge is 0.469 e. The van der Waals surface area contributed by atoms with Crippen LogP contribution in [0.3, 0.4) is 0 Å². The van der Waals surface area contributed by atoms with Crippen molar-refractivity contribution in [1.29, 1.82) is 0 Å². The highest BCUT2D eigenvalue weighted by Crippen LogP contribution is 2.17. The summed E-state index contributed by atoms with van der Waals surface area (Å²) in [5.41, 5.74) is 0.847. The molecule has 0 saturated carbocycles. The van der Waals surface area contributed by atoms with Crippen LogP contribution in [0.1, 0.15) is 5.56 Å². The Hall–Kier alpha value is -2.68. The van der Waals surface area contributed by atoms with Crippen LogP contribution >= 0.6 is 0 Å². The maximum Gasteiger partial charge on any atom is 0.309 e. The lowest BCUT2D eigenvalue weighted by Crippen LogP contribution is -2.05. The minimum atomic E-state index is -0.290. The first kappa shape index (κ1) is 13.3. The molecule has 0 aromatic heterocycles. The van der Waals surface area contributed by atoms with Crippen molar-refractivity contribution in [2.75, 3.05) is 7.11 Å². The standard InChI is InChI=1S/C18H14O3/c1-21-17(19)11-12-6-9-16-14(10-12)8-7-13-4-2-3-5-15(13)18(16)20/h2-10H,11H2,1H3. The van der Waals surface area contributed by atoms with Gasteiger partial charge < -0.3 is 4.74 Å². The van der Waals surface area contributed by atoms with Crippen molar-refractivity contribution in [3.63, 3.8) is 0 Å². The molecular weight excluding hydrogens is 264 g/mol. The highest BCUT2D eigenvalue weighted by atomic mass is 16.5. The predicted octanol–water partition coefficient (Wildman–Crippen LogP) is 3.07. The topological polar surface area (TPSA) is 43.4 Å². The number of ether oxygens (including phenoxy) is 1. The molecule has 3 aromatic carbocycles. The van der Waals surface area contributed by atoms with E-state index in [-0.39, 0.29) is 17.8 Å². The van der Waals surface area contributed by atoms with E-state index in [1.165, 1.54) is 7.11 Å². The summed E-state index contributed by atoms with van der Waals surface area (Å²) in [4.78, 5) is 23.9. The van der Waals surface area contributed by atoms with Crippen LogP contribution in [0.2, 0.25) is 0 Å². The maximum atomic E-state index is 12.6. The molecule has 104 valence electrons. The summed E-state index contributed by atoms with van der Waals surface area (Å²) < 4.78 is 4.67. The maximum absolute atomic E-state index is 12.6. The SMILES string of the molecule is COC(=O)Cc1ccc2c(=O)c3ccccc3ccc2c1. The quantitative estimate of drug-likeness (QED) is 0.677. The first-order valence-corrected chi connectivity index (χ1v) is 6.70. The van der Waals surface area contributed by atoms with E-state index in [9.17, 15) is 9.59 Å². The zero-order valence-corrected chi connectivity index (χ0v) is 11.6. The van der Waals surface area contributed by atoms with Crippen molar-refractivity contribution in [3.8, 4) is 0 Å². The molecule has 0 fully saturated rings. The second-order valence-corrected chi connectivity index (χ2v) is 4.92. The van der Waals surface area contributed by atoms with Crippen molar-refractivity contribution < 1.29 is 9.53 Å². The fourth-order valence-corrected chi connectivity index (χ4v) is 2.48. The van der Waals surface area contributed by atoms with Crippen LogP contribution in [0.25, 0.3) is 21.5 Å². The summed E-state index contributed by atoms with van der Waals surface area (Å²) in [5.74, 6) is -0.290. The van der Waals surface area contributed by atoms with Crippen LogP contribution in [-0.2, 0) is 16.0 Å². The van der Waals surface area contributed by atoms with E-state index in [0.29, 0.717) is 10.8 Å². The molecular formula is C18H14O3. The van der Waals surface area contributed by atoms with E-state index in [4.69, 9.17) is 0 Å². The van der Waals surface area contributed by atoms with Crippen molar-refractivity contribution in [3.05, 3.63) is 70.4 Å². The molecule has 0 atom stereocenters. The number of rotatable bonds is 2. The average Bonchev–Trinajstić information content (AvgIpc) is 2.65. The van der Waals surface area contributed by atoms with Gasteiger partial charge in [-0.25, -0.2) is 0 Å². The van der Waals surface area contributed by atoms with Gasteiger partial charge in [0.15, 0.2) is 5.43 Å². The van der Waals surface area contributed by atoms with Crippen molar-refractivity contribution in [2.45, 2.75) is 6.42 Å². The second-order valence-electron chi connectivity index (χ2n) is 4.92. The minimum absolute atomic E-state index is 0.00946. The molecule has 3 aromatic rings. The van der Waals surface area contributed by atoms with Crippen LogP contribution in [-0.4, -0.2) is 13.1 Å². The van der Waals surface area contributed by atoms with Crippen LogP contribution in [0.4, 0.5) is 0 Å². The highest BCUT2D eigenvalue weighted by Gasteiger charge is 2.06. The van der Waals surface area contributed by atoms with Gasteiger partial charge in [0.2, 0.25) is 0 Å². The lowest BCUT2D eigenvalue weighted by molar-refractivity contribution is -0.139. The molecule has 0 heterocycles. The van der Waals surface area contributed by atoms with Gasteiger partial charge in [-0.1, -0.05) is 54.6 Å². The van der Waals surface area contributed by atoms with Crippen molar-refractivity contribution in [1.82, 2.24) is 0 Å². The van der Waals surface area contributed by atoms with Gasteiger partial charge >= 0.3 is 5.97 Å². The molecule has 0 spiro atoms. The number of fused-ring (bicyclic) bond motifs is 2. The van der Waals surface area contributed by atoms with Gasteiger partial charge in [0.05, 0.1) is 13.5 Å². The third kappa shape index (κ3) is 2.50. The Morgan fingerprint density at radius 1 is 0.952 bits per heavy atom. The fourth-order valence-electron chi connectivity index (χ4n) is 2.48. The lowest BCUT2D eigenvalue weighted by Gasteiger charge is -2.00. The Morgan fingerprint density at radius 2 is 1.67 bits per heavy atom. The van der Waals surface area contributed by atoms with Crippen LogP contribution in [0.5, 0.6) is 0 Å². The summed E-state index contributed by atoms with van der Waals surface area (Å²) >= 11 is 0. The Morgan fingerprint density at radius 3 is 2.48 bits per heavy atom. The predicted molar refractivity (Wildman–Crippen MR) is 83.4 cm³/mol. The molecule has 3 rings (SSSR count). The van der Waals surface area contributed by atoms with Gasteiger partial charge in [0.25, 0.3) is 0 Å². The molecule has 0 aliphatic heterocycles. The highest BCUT2D eigenvalue weighted by molar-refractivity contribution is 5.93. The van der Waals surface area contributed by atoms with E-state index >= 15 is 0 Å². The smallest absolute Gasteiger partial charge is 0.309 e. The monoisotopic (exact) mass is 278 g/mol. The molecule has 0 unspecified atom stereocenters. The number of methoxy groups -OCH3 is 1. The van der Waals surface area contributed by atoms with Gasteiger partial charge in [-0.2, -0.15) is 0 Å². The van der Waals surface area contributed by atoms with Crippen LogP contribution in [0, 0.1) is 0 Å². The van der Waals surface area contributed by atoms with Crippen molar-refractivity contribution >= 4 is 27.5 Å². The molecule has 0 N–H and O–H groups in total. The fraction of sp³-hybridized carbons (Fsp3) is 0.111. The van der Waals surface area contributed by atoms with E-state index in [0.717, 1.165) is 16.3 Å². The Bertz CT molecular complexity index is 897. The van der Waals surface area contributed by atoms with E-state index < -0.39 is 0 Å². The molecule has 3 nitrogen and oxygen atoms in total. The van der Waals surface area contributed by atoms with E-state index in [1.807, 2.05) is 42.5 Å².